The Hall–Kier alpha value is -4.34. The molecule has 3 aromatic carbocycles. The van der Waals surface area contributed by atoms with Gasteiger partial charge in [-0.1, -0.05) is 92.7 Å². The number of ketones is 2. The first-order chi connectivity index (χ1) is 22.1. The van der Waals surface area contributed by atoms with E-state index in [1.54, 1.807) is 30.3 Å². The first-order valence-electron chi connectivity index (χ1n) is 14.3. The molecule has 13 heteroatoms. The molecule has 0 spiro atoms. The van der Waals surface area contributed by atoms with Crippen LogP contribution >= 0.6 is 0 Å². The zero-order chi connectivity index (χ0) is 35.8. The molecule has 0 saturated carbocycles. The van der Waals surface area contributed by atoms with Gasteiger partial charge in [0.2, 0.25) is 0 Å². The van der Waals surface area contributed by atoms with Gasteiger partial charge in [-0.15, -0.1) is 0 Å². The minimum absolute atomic E-state index is 0.0591. The Morgan fingerprint density at radius 3 is 1.34 bits per heavy atom. The molecule has 256 valence electrons. The van der Waals surface area contributed by atoms with E-state index in [9.17, 15) is 14.4 Å². The Kier molecular flexibility index (Phi) is 21.7. The molecular formula is C34H44N2O10S. The van der Waals surface area contributed by atoms with Crippen LogP contribution in [-0.2, 0) is 20.0 Å². The van der Waals surface area contributed by atoms with Crippen molar-refractivity contribution in [3.8, 4) is 0 Å². The highest BCUT2D eigenvalue weighted by molar-refractivity contribution is 7.79. The maximum atomic E-state index is 10.3. The predicted molar refractivity (Wildman–Crippen MR) is 180 cm³/mol. The molecular weight excluding hydrogens is 628 g/mol. The van der Waals surface area contributed by atoms with E-state index in [0.29, 0.717) is 5.56 Å². The number of aliphatic hydroxyl groups excluding tert-OH is 2. The van der Waals surface area contributed by atoms with Crippen molar-refractivity contribution in [2.45, 2.75) is 25.9 Å². The monoisotopic (exact) mass is 672 g/mol. The van der Waals surface area contributed by atoms with E-state index in [0.717, 1.165) is 5.56 Å². The van der Waals surface area contributed by atoms with Crippen LogP contribution in [0.4, 0.5) is 0 Å². The van der Waals surface area contributed by atoms with Gasteiger partial charge in [-0.05, 0) is 66.4 Å². The zero-order valence-corrected chi connectivity index (χ0v) is 27.3. The lowest BCUT2D eigenvalue weighted by Crippen LogP contribution is -2.25. The molecule has 1 aliphatic carbocycles. The molecule has 0 aliphatic heterocycles. The average molecular weight is 673 g/mol. The van der Waals surface area contributed by atoms with Gasteiger partial charge in [0.05, 0.1) is 5.56 Å². The number of benzene rings is 3. The number of carboxylic acids is 1. The summed E-state index contributed by atoms with van der Waals surface area (Å²) in [6.45, 7) is 4.32. The second-order valence-electron chi connectivity index (χ2n) is 10.0. The van der Waals surface area contributed by atoms with Crippen molar-refractivity contribution in [3.63, 3.8) is 0 Å². The third-order valence-electron chi connectivity index (χ3n) is 6.26. The smallest absolute Gasteiger partial charge is 0.394 e. The van der Waals surface area contributed by atoms with E-state index in [1.807, 2.05) is 69.4 Å². The summed E-state index contributed by atoms with van der Waals surface area (Å²) in [4.78, 5) is 30.8. The van der Waals surface area contributed by atoms with Crippen molar-refractivity contribution in [2.24, 2.45) is 17.6 Å². The summed E-state index contributed by atoms with van der Waals surface area (Å²) in [7, 11) is -2.75. The Labute approximate surface area is 275 Å². The van der Waals surface area contributed by atoms with Crippen LogP contribution in [0.2, 0.25) is 0 Å². The van der Waals surface area contributed by atoms with Gasteiger partial charge in [0.15, 0.2) is 11.6 Å². The average Bonchev–Trinajstić information content (AvgIpc) is 3.07. The molecule has 8 N–H and O–H groups in total. The Balaban J connectivity index is 0.000000581. The van der Waals surface area contributed by atoms with Crippen molar-refractivity contribution in [1.29, 1.82) is 0 Å². The van der Waals surface area contributed by atoms with Crippen molar-refractivity contribution in [1.82, 2.24) is 5.32 Å². The van der Waals surface area contributed by atoms with E-state index in [1.165, 1.54) is 29.9 Å². The van der Waals surface area contributed by atoms with Gasteiger partial charge < -0.3 is 26.4 Å². The lowest BCUT2D eigenvalue weighted by atomic mass is 9.95. The van der Waals surface area contributed by atoms with Gasteiger partial charge in [0, 0.05) is 25.3 Å². The van der Waals surface area contributed by atoms with E-state index >= 15 is 0 Å². The quantitative estimate of drug-likeness (QED) is 0.134. The predicted octanol–water partition coefficient (Wildman–Crippen LogP) is 3.87. The van der Waals surface area contributed by atoms with Gasteiger partial charge >= 0.3 is 16.4 Å². The molecule has 0 amide bonds. The van der Waals surface area contributed by atoms with E-state index in [-0.39, 0.29) is 48.7 Å². The molecule has 47 heavy (non-hydrogen) atoms. The molecule has 0 saturated heterocycles. The number of hydrogen-bond acceptors (Lipinski definition) is 9. The summed E-state index contributed by atoms with van der Waals surface area (Å²) >= 11 is 0. The van der Waals surface area contributed by atoms with Gasteiger partial charge in [-0.3, -0.25) is 18.7 Å². The van der Waals surface area contributed by atoms with Crippen LogP contribution in [-0.4, -0.2) is 70.6 Å². The number of allylic oxidation sites excluding steroid dienone is 4. The molecule has 12 nitrogen and oxygen atoms in total. The minimum Gasteiger partial charge on any atom is -0.478 e. The molecule has 1 aliphatic rings. The van der Waals surface area contributed by atoms with Crippen molar-refractivity contribution in [3.05, 3.63) is 132 Å². The van der Waals surface area contributed by atoms with Gasteiger partial charge in [-0.2, -0.15) is 8.42 Å². The number of hydrogen-bond donors (Lipinski definition) is 7. The molecule has 4 rings (SSSR count). The highest BCUT2D eigenvalue weighted by Gasteiger charge is 2.15. The van der Waals surface area contributed by atoms with Gasteiger partial charge in [-0.25, -0.2) is 4.79 Å². The second-order valence-corrected chi connectivity index (χ2v) is 10.9. The van der Waals surface area contributed by atoms with E-state index < -0.39 is 16.4 Å². The van der Waals surface area contributed by atoms with Crippen LogP contribution in [0.3, 0.4) is 0 Å². The van der Waals surface area contributed by atoms with E-state index in [4.69, 9.17) is 38.6 Å². The fraction of sp³-hybridized carbons (Fsp3) is 0.265. The topological polar surface area (TPSA) is 225 Å². The summed E-state index contributed by atoms with van der Waals surface area (Å²) in [6.07, 6.45) is 5.01. The van der Waals surface area contributed by atoms with Crippen molar-refractivity contribution < 1.29 is 47.2 Å². The molecule has 3 aromatic rings. The fourth-order valence-electron chi connectivity index (χ4n) is 3.68. The van der Waals surface area contributed by atoms with Crippen LogP contribution in [0.5, 0.6) is 0 Å². The summed E-state index contributed by atoms with van der Waals surface area (Å²) in [5, 5.41) is 29.5. The minimum atomic E-state index is -4.67. The second kappa shape index (κ2) is 23.9. The fourth-order valence-corrected chi connectivity index (χ4v) is 3.68. The summed E-state index contributed by atoms with van der Waals surface area (Å²) in [6, 6.07) is 28.5. The highest BCUT2D eigenvalue weighted by atomic mass is 32.3. The first kappa shape index (κ1) is 42.7. The van der Waals surface area contributed by atoms with Crippen LogP contribution < -0.4 is 11.1 Å². The maximum Gasteiger partial charge on any atom is 0.394 e. The van der Waals surface area contributed by atoms with Crippen molar-refractivity contribution >= 4 is 27.9 Å². The third-order valence-corrected chi connectivity index (χ3v) is 6.26. The summed E-state index contributed by atoms with van der Waals surface area (Å²) in [5.41, 5.74) is 8.53. The number of carbonyl (C=O) groups is 3. The number of carbonyl (C=O) groups excluding carboxylic acids is 2. The molecule has 0 fully saturated rings. The Morgan fingerprint density at radius 2 is 1.04 bits per heavy atom. The van der Waals surface area contributed by atoms with Gasteiger partial charge in [0.1, 0.15) is 0 Å². The van der Waals surface area contributed by atoms with E-state index in [2.05, 4.69) is 17.4 Å². The van der Waals surface area contributed by atoms with Crippen molar-refractivity contribution in [2.75, 3.05) is 20.3 Å². The number of nitrogens with two attached hydrogens (primary N) is 1. The normalized spacial score (nSPS) is 14.1. The van der Waals surface area contributed by atoms with Gasteiger partial charge in [0.25, 0.3) is 0 Å². The molecule has 0 radical (unpaired) electrons. The number of rotatable bonds is 8. The number of carboxylic acid groups (broad SMARTS) is 1. The molecule has 0 heterocycles. The summed E-state index contributed by atoms with van der Waals surface area (Å²) in [5.74, 6) is -0.760. The SMILES string of the molecule is CN[C@H](c1ccccc1)[C@H](C)CO.C[C@H](CO)[C@H](N)c1ccccc1.O=C(O)c1ccccc1.O=C1C=CC(=O)C=C1.O=S(=O)(O)O. The molecule has 0 unspecified atom stereocenters. The third kappa shape index (κ3) is 21.2. The zero-order valence-electron chi connectivity index (χ0n) is 26.5. The van der Waals surface area contributed by atoms with Crippen LogP contribution in [0.15, 0.2) is 115 Å². The first-order valence-corrected chi connectivity index (χ1v) is 15.7. The molecule has 4 atom stereocenters. The Bertz CT molecular complexity index is 1440. The summed E-state index contributed by atoms with van der Waals surface area (Å²) < 4.78 is 31.6. The number of nitrogens with one attached hydrogen (secondary N) is 1. The standard InChI is InChI=1S/C11H17NO.C10H15NO.C7H6O2.C6H4O2.H2O4S/c1-9(8-13)11(12-2)10-6-4-3-5-7-10;1-8(7-12)10(11)9-5-3-2-4-6-9;8-7(9)6-4-2-1-3-5-6;7-5-1-2-6(8)4-3-5;1-5(2,3)4/h3-7,9,11-13H,8H2,1-2H3;2-6,8,10,12H,7,11H2,1H3;1-5H,(H,8,9);1-4H;(H2,1,2,3,4)/t9-,11+;8-,10+;;;/m11.../s1. The van der Waals surface area contributed by atoms with Crippen LogP contribution in [0.1, 0.15) is 47.4 Å². The highest BCUT2D eigenvalue weighted by Crippen LogP contribution is 2.20. The number of aliphatic hydroxyl groups is 2. The van der Waals surface area contributed by atoms with Crippen LogP contribution in [0.25, 0.3) is 0 Å². The molecule has 0 bridgehead atoms. The number of aromatic carboxylic acids is 1. The Morgan fingerprint density at radius 1 is 0.702 bits per heavy atom. The lowest BCUT2D eigenvalue weighted by molar-refractivity contribution is -0.113. The molecule has 0 aromatic heterocycles. The van der Waals surface area contributed by atoms with Crippen LogP contribution in [0, 0.1) is 11.8 Å². The maximum absolute atomic E-state index is 10.3. The largest absolute Gasteiger partial charge is 0.478 e. The lowest BCUT2D eigenvalue weighted by Gasteiger charge is -2.22.